The van der Waals surface area contributed by atoms with E-state index in [0.29, 0.717) is 12.0 Å². The second-order valence-electron chi connectivity index (χ2n) is 7.84. The maximum atomic E-state index is 12.7. The third kappa shape index (κ3) is 7.31. The lowest BCUT2D eigenvalue weighted by molar-refractivity contribution is -0.177. The molecule has 0 bridgehead atoms. The standard InChI is InChI=1S/C24H29F3O4/c1-16-23(30-16)22(14-21(28-3)13-18-7-5-4-6-8-18)31-17(2)29-15-19-9-11-20(12-10-19)24(25,26)27/h4-12,16-17,21-23H,13-15H2,1-3H3/t16-,17?,21-,22-,23+/m0/s1. The monoisotopic (exact) mass is 438 g/mol. The summed E-state index contributed by atoms with van der Waals surface area (Å²) < 4.78 is 61.2. The molecule has 2 aromatic carbocycles. The van der Waals surface area contributed by atoms with Crippen molar-refractivity contribution in [2.45, 2.75) is 70.2 Å². The van der Waals surface area contributed by atoms with Crippen molar-refractivity contribution in [1.29, 1.82) is 0 Å². The molecule has 1 heterocycles. The van der Waals surface area contributed by atoms with E-state index >= 15 is 0 Å². The summed E-state index contributed by atoms with van der Waals surface area (Å²) in [5.41, 5.74) is 1.16. The van der Waals surface area contributed by atoms with Gasteiger partial charge in [-0.05, 0) is 43.5 Å². The molecular weight excluding hydrogens is 409 g/mol. The van der Waals surface area contributed by atoms with Gasteiger partial charge in [0.15, 0.2) is 6.29 Å². The zero-order valence-corrected chi connectivity index (χ0v) is 18.0. The molecule has 0 aromatic heterocycles. The van der Waals surface area contributed by atoms with Crippen molar-refractivity contribution in [3.8, 4) is 0 Å². The average Bonchev–Trinajstić information content (AvgIpc) is 3.48. The fourth-order valence-electron chi connectivity index (χ4n) is 3.55. The number of rotatable bonds is 11. The third-order valence-electron chi connectivity index (χ3n) is 5.39. The summed E-state index contributed by atoms with van der Waals surface area (Å²) in [6.45, 7) is 3.93. The third-order valence-corrected chi connectivity index (χ3v) is 5.39. The van der Waals surface area contributed by atoms with Crippen LogP contribution in [0.1, 0.15) is 37.0 Å². The van der Waals surface area contributed by atoms with Crippen LogP contribution in [0.25, 0.3) is 0 Å². The van der Waals surface area contributed by atoms with Crippen molar-refractivity contribution in [3.05, 3.63) is 71.3 Å². The van der Waals surface area contributed by atoms with Crippen LogP contribution < -0.4 is 0 Å². The van der Waals surface area contributed by atoms with Gasteiger partial charge in [0.2, 0.25) is 0 Å². The van der Waals surface area contributed by atoms with E-state index < -0.39 is 18.0 Å². The minimum absolute atomic E-state index is 0.0226. The molecule has 7 heteroatoms. The number of alkyl halides is 3. The van der Waals surface area contributed by atoms with Crippen LogP contribution >= 0.6 is 0 Å². The number of epoxide rings is 1. The summed E-state index contributed by atoms with van der Waals surface area (Å²) in [5.74, 6) is 0. The molecule has 0 amide bonds. The van der Waals surface area contributed by atoms with E-state index in [4.69, 9.17) is 18.9 Å². The Morgan fingerprint density at radius 3 is 2.19 bits per heavy atom. The molecule has 2 aromatic rings. The lowest BCUT2D eigenvalue weighted by Crippen LogP contribution is -2.32. The molecule has 1 aliphatic rings. The van der Waals surface area contributed by atoms with Crippen molar-refractivity contribution in [2.75, 3.05) is 7.11 Å². The lowest BCUT2D eigenvalue weighted by Gasteiger charge is -2.25. The van der Waals surface area contributed by atoms with Crippen LogP contribution in [-0.2, 0) is 38.2 Å². The van der Waals surface area contributed by atoms with Crippen LogP contribution in [0.15, 0.2) is 54.6 Å². The first-order valence-corrected chi connectivity index (χ1v) is 10.4. The van der Waals surface area contributed by atoms with Crippen molar-refractivity contribution in [3.63, 3.8) is 0 Å². The van der Waals surface area contributed by atoms with Gasteiger partial charge in [-0.1, -0.05) is 42.5 Å². The van der Waals surface area contributed by atoms with Crippen molar-refractivity contribution >= 4 is 0 Å². The Hall–Kier alpha value is -1.93. The summed E-state index contributed by atoms with van der Waals surface area (Å²) in [6, 6.07) is 15.0. The topological polar surface area (TPSA) is 40.2 Å². The van der Waals surface area contributed by atoms with Gasteiger partial charge >= 0.3 is 6.18 Å². The van der Waals surface area contributed by atoms with Crippen LogP contribution in [-0.4, -0.2) is 37.8 Å². The Labute approximate surface area is 181 Å². The molecule has 0 saturated carbocycles. The Morgan fingerprint density at radius 1 is 1.00 bits per heavy atom. The van der Waals surface area contributed by atoms with Gasteiger partial charge in [-0.3, -0.25) is 0 Å². The van der Waals surface area contributed by atoms with Gasteiger partial charge in [-0.25, -0.2) is 0 Å². The van der Waals surface area contributed by atoms with Gasteiger partial charge in [0, 0.05) is 13.5 Å². The fraction of sp³-hybridized carbons (Fsp3) is 0.500. The molecular formula is C24H29F3O4. The van der Waals surface area contributed by atoms with Gasteiger partial charge in [-0.2, -0.15) is 13.2 Å². The Morgan fingerprint density at radius 2 is 1.65 bits per heavy atom. The molecule has 0 radical (unpaired) electrons. The highest BCUT2D eigenvalue weighted by Crippen LogP contribution is 2.31. The zero-order valence-electron chi connectivity index (χ0n) is 18.0. The molecule has 1 saturated heterocycles. The summed E-state index contributed by atoms with van der Waals surface area (Å²) in [6.07, 6.45) is -3.63. The van der Waals surface area contributed by atoms with E-state index in [9.17, 15) is 13.2 Å². The quantitative estimate of drug-likeness (QED) is 0.349. The molecule has 0 spiro atoms. The van der Waals surface area contributed by atoms with Crippen LogP contribution in [0.2, 0.25) is 0 Å². The second-order valence-corrected chi connectivity index (χ2v) is 7.84. The molecule has 1 unspecified atom stereocenters. The normalized spacial score (nSPS) is 21.5. The molecule has 4 nitrogen and oxygen atoms in total. The predicted octanol–water partition coefficient (Wildman–Crippen LogP) is 5.39. The first-order chi connectivity index (χ1) is 14.8. The summed E-state index contributed by atoms with van der Waals surface area (Å²) in [7, 11) is 1.69. The minimum Gasteiger partial charge on any atom is -0.381 e. The van der Waals surface area contributed by atoms with Gasteiger partial charge in [0.1, 0.15) is 6.10 Å². The van der Waals surface area contributed by atoms with Crippen LogP contribution in [0.4, 0.5) is 13.2 Å². The maximum absolute atomic E-state index is 12.7. The summed E-state index contributed by atoms with van der Waals surface area (Å²) in [5, 5.41) is 0. The van der Waals surface area contributed by atoms with E-state index in [-0.39, 0.29) is 31.0 Å². The molecule has 5 atom stereocenters. The molecule has 1 fully saturated rings. The minimum atomic E-state index is -4.35. The summed E-state index contributed by atoms with van der Waals surface area (Å²) >= 11 is 0. The Kier molecular flexibility index (Phi) is 8.11. The highest BCUT2D eigenvalue weighted by Gasteiger charge is 2.43. The number of ether oxygens (including phenoxy) is 4. The van der Waals surface area contributed by atoms with Crippen molar-refractivity contribution < 1.29 is 32.1 Å². The van der Waals surface area contributed by atoms with Crippen LogP contribution in [0, 0.1) is 0 Å². The molecule has 1 aliphatic heterocycles. The zero-order chi connectivity index (χ0) is 22.4. The molecule has 170 valence electrons. The number of hydrogen-bond donors (Lipinski definition) is 0. The summed E-state index contributed by atoms with van der Waals surface area (Å²) in [4.78, 5) is 0. The van der Waals surface area contributed by atoms with Gasteiger partial charge in [-0.15, -0.1) is 0 Å². The fourth-order valence-corrected chi connectivity index (χ4v) is 3.55. The number of methoxy groups -OCH3 is 1. The van der Waals surface area contributed by atoms with Crippen LogP contribution in [0.3, 0.4) is 0 Å². The van der Waals surface area contributed by atoms with Crippen LogP contribution in [0.5, 0.6) is 0 Å². The van der Waals surface area contributed by atoms with Gasteiger partial charge < -0.3 is 18.9 Å². The van der Waals surface area contributed by atoms with E-state index in [0.717, 1.165) is 18.6 Å². The molecule has 31 heavy (non-hydrogen) atoms. The van der Waals surface area contributed by atoms with E-state index in [1.54, 1.807) is 14.0 Å². The highest BCUT2D eigenvalue weighted by atomic mass is 19.4. The van der Waals surface area contributed by atoms with E-state index in [2.05, 4.69) is 12.1 Å². The molecule has 0 N–H and O–H groups in total. The van der Waals surface area contributed by atoms with Crippen molar-refractivity contribution in [2.24, 2.45) is 0 Å². The lowest BCUT2D eigenvalue weighted by atomic mass is 10.0. The molecule has 3 rings (SSSR count). The van der Waals surface area contributed by atoms with Gasteiger partial charge in [0.05, 0.1) is 30.5 Å². The predicted molar refractivity (Wildman–Crippen MR) is 110 cm³/mol. The maximum Gasteiger partial charge on any atom is 0.416 e. The number of benzene rings is 2. The van der Waals surface area contributed by atoms with Gasteiger partial charge in [0.25, 0.3) is 0 Å². The number of hydrogen-bond acceptors (Lipinski definition) is 4. The smallest absolute Gasteiger partial charge is 0.381 e. The molecule has 0 aliphatic carbocycles. The first-order valence-electron chi connectivity index (χ1n) is 10.4. The van der Waals surface area contributed by atoms with Crippen molar-refractivity contribution in [1.82, 2.24) is 0 Å². The Balaban J connectivity index is 1.53. The number of halogens is 3. The largest absolute Gasteiger partial charge is 0.416 e. The average molecular weight is 438 g/mol. The van der Waals surface area contributed by atoms with E-state index in [1.807, 2.05) is 25.1 Å². The SMILES string of the molecule is CO[C@@H](Cc1ccccc1)C[C@H](OC(C)OCc1ccc(C(F)(F)F)cc1)[C@@H]1O[C@H]1C. The highest BCUT2D eigenvalue weighted by molar-refractivity contribution is 5.24. The van der Waals surface area contributed by atoms with E-state index in [1.165, 1.54) is 17.7 Å². The second kappa shape index (κ2) is 10.6. The Bertz CT molecular complexity index is 795. The first kappa shape index (κ1) is 23.7.